The van der Waals surface area contributed by atoms with Gasteiger partial charge in [0.2, 0.25) is 0 Å². The molecule has 11 heteroatoms. The molecule has 0 aliphatic heterocycles. The van der Waals surface area contributed by atoms with Crippen molar-refractivity contribution in [1.29, 1.82) is 0 Å². The van der Waals surface area contributed by atoms with E-state index in [1.807, 2.05) is 6.92 Å². The topological polar surface area (TPSA) is 121 Å². The van der Waals surface area contributed by atoms with Crippen molar-refractivity contribution < 1.29 is 23.5 Å². The Labute approximate surface area is 186 Å². The molecule has 1 N–H and O–H groups in total. The lowest BCUT2D eigenvalue weighted by atomic mass is 10.1. The van der Waals surface area contributed by atoms with E-state index in [9.17, 15) is 9.59 Å². The minimum atomic E-state index is -0.539. The van der Waals surface area contributed by atoms with Crippen LogP contribution >= 0.6 is 11.3 Å². The lowest BCUT2D eigenvalue weighted by molar-refractivity contribution is -0.118. The Bertz CT molecular complexity index is 1230. The zero-order valence-electron chi connectivity index (χ0n) is 17.3. The Kier molecular flexibility index (Phi) is 6.26. The molecule has 1 aromatic carbocycles. The number of furan rings is 1. The first-order chi connectivity index (χ1) is 15.5. The van der Waals surface area contributed by atoms with E-state index in [2.05, 4.69) is 20.8 Å². The number of tetrazole rings is 1. The van der Waals surface area contributed by atoms with Crippen molar-refractivity contribution >= 4 is 28.2 Å². The van der Waals surface area contributed by atoms with E-state index >= 15 is 0 Å². The molecule has 0 aliphatic carbocycles. The number of carbonyl (C=O) groups is 2. The fraction of sp³-hybridized carbons (Fsp3) is 0.190. The molecule has 4 aromatic rings. The van der Waals surface area contributed by atoms with Gasteiger partial charge in [0.1, 0.15) is 34.2 Å². The molecule has 0 unspecified atom stereocenters. The van der Waals surface area contributed by atoms with E-state index in [0.717, 1.165) is 0 Å². The lowest BCUT2D eigenvalue weighted by Gasteiger charge is -2.09. The molecule has 32 heavy (non-hydrogen) atoms. The molecule has 1 amide bonds. The Morgan fingerprint density at radius 2 is 2.12 bits per heavy atom. The fourth-order valence-corrected chi connectivity index (χ4v) is 3.88. The summed E-state index contributed by atoms with van der Waals surface area (Å²) >= 11 is 1.21. The fourth-order valence-electron chi connectivity index (χ4n) is 2.92. The third kappa shape index (κ3) is 4.67. The molecular formula is C21H19N5O5S. The van der Waals surface area contributed by atoms with E-state index in [0.29, 0.717) is 33.5 Å². The molecule has 10 nitrogen and oxygen atoms in total. The van der Waals surface area contributed by atoms with Crippen LogP contribution in [0.4, 0.5) is 5.00 Å². The number of aryl methyl sites for hydroxylation is 1. The monoisotopic (exact) mass is 453 g/mol. The molecule has 0 aliphatic rings. The lowest BCUT2D eigenvalue weighted by Crippen LogP contribution is -2.21. The number of nitrogens with one attached hydrogen (secondary N) is 1. The first kappa shape index (κ1) is 21.2. The summed E-state index contributed by atoms with van der Waals surface area (Å²) in [5, 5.41) is 15.9. The molecule has 0 radical (unpaired) electrons. The van der Waals surface area contributed by atoms with E-state index in [4.69, 9.17) is 13.9 Å². The molecule has 4 rings (SSSR count). The predicted octanol–water partition coefficient (Wildman–Crippen LogP) is 3.49. The molecule has 3 aromatic heterocycles. The highest BCUT2D eigenvalue weighted by atomic mass is 32.1. The van der Waals surface area contributed by atoms with Crippen LogP contribution in [-0.2, 0) is 9.53 Å². The summed E-state index contributed by atoms with van der Waals surface area (Å²) in [4.78, 5) is 25.1. The van der Waals surface area contributed by atoms with E-state index in [-0.39, 0.29) is 18.8 Å². The van der Waals surface area contributed by atoms with Gasteiger partial charge in [-0.25, -0.2) is 9.48 Å². The van der Waals surface area contributed by atoms with Crippen LogP contribution in [0, 0.1) is 6.92 Å². The number of rotatable bonds is 8. The van der Waals surface area contributed by atoms with Crippen molar-refractivity contribution in [1.82, 2.24) is 20.2 Å². The molecule has 3 heterocycles. The predicted molar refractivity (Wildman–Crippen MR) is 116 cm³/mol. The Morgan fingerprint density at radius 3 is 2.84 bits per heavy atom. The molecular weight excluding hydrogens is 434 g/mol. The van der Waals surface area contributed by atoms with Crippen molar-refractivity contribution in [2.24, 2.45) is 0 Å². The van der Waals surface area contributed by atoms with E-state index < -0.39 is 11.9 Å². The zero-order chi connectivity index (χ0) is 22.5. The van der Waals surface area contributed by atoms with Gasteiger partial charge in [0.25, 0.3) is 5.91 Å². The Balaban J connectivity index is 1.48. The number of benzene rings is 1. The number of amides is 1. The third-order valence-corrected chi connectivity index (χ3v) is 5.23. The van der Waals surface area contributed by atoms with Crippen LogP contribution in [-0.4, -0.2) is 45.3 Å². The molecule has 0 bridgehead atoms. The third-order valence-electron chi connectivity index (χ3n) is 4.33. The number of ether oxygens (including phenoxy) is 2. The summed E-state index contributed by atoms with van der Waals surface area (Å²) in [6.07, 6.45) is 1.46. The highest BCUT2D eigenvalue weighted by molar-refractivity contribution is 7.15. The molecule has 0 saturated heterocycles. The Hall–Kier alpha value is -3.99. The number of hydrogen-bond acceptors (Lipinski definition) is 9. The van der Waals surface area contributed by atoms with Gasteiger partial charge >= 0.3 is 5.97 Å². The SMILES string of the molecule is CCOC(=O)c1c(-c2ccc(C)o2)csc1NC(=O)COc1cccc(-n2cnnn2)c1. The summed E-state index contributed by atoms with van der Waals surface area (Å²) in [6, 6.07) is 10.6. The van der Waals surface area contributed by atoms with Gasteiger partial charge in [0.05, 0.1) is 12.3 Å². The quantitative estimate of drug-likeness (QED) is 0.403. The van der Waals surface area contributed by atoms with Crippen LogP contribution in [0.1, 0.15) is 23.0 Å². The smallest absolute Gasteiger partial charge is 0.341 e. The largest absolute Gasteiger partial charge is 0.484 e. The minimum Gasteiger partial charge on any atom is -0.484 e. The van der Waals surface area contributed by atoms with Crippen molar-refractivity contribution in [3.63, 3.8) is 0 Å². The van der Waals surface area contributed by atoms with Gasteiger partial charge in [-0.3, -0.25) is 4.79 Å². The van der Waals surface area contributed by atoms with Gasteiger partial charge in [-0.1, -0.05) is 6.07 Å². The van der Waals surface area contributed by atoms with Crippen molar-refractivity contribution in [3.05, 3.63) is 59.4 Å². The normalized spacial score (nSPS) is 10.7. The van der Waals surface area contributed by atoms with Crippen molar-refractivity contribution in [2.45, 2.75) is 13.8 Å². The first-order valence-corrected chi connectivity index (χ1v) is 10.5. The zero-order valence-corrected chi connectivity index (χ0v) is 18.1. The number of esters is 1. The summed E-state index contributed by atoms with van der Waals surface area (Å²) in [6.45, 7) is 3.48. The maximum absolute atomic E-state index is 12.6. The van der Waals surface area contributed by atoms with Gasteiger partial charge in [0, 0.05) is 17.0 Å². The summed E-state index contributed by atoms with van der Waals surface area (Å²) < 4.78 is 17.9. The second kappa shape index (κ2) is 9.43. The number of thiophene rings is 1. The van der Waals surface area contributed by atoms with Crippen molar-refractivity contribution in [3.8, 4) is 22.8 Å². The maximum atomic E-state index is 12.6. The van der Waals surface area contributed by atoms with E-state index in [1.165, 1.54) is 22.3 Å². The second-order valence-electron chi connectivity index (χ2n) is 6.57. The van der Waals surface area contributed by atoms with Crippen LogP contribution in [0.2, 0.25) is 0 Å². The molecule has 0 saturated carbocycles. The highest BCUT2D eigenvalue weighted by Crippen LogP contribution is 2.37. The standard InChI is InChI=1S/C21H19N5O5S/c1-3-29-21(28)19-16(17-8-7-13(2)31-17)11-32-20(19)23-18(27)10-30-15-6-4-5-14(9-15)26-12-22-24-25-26/h4-9,11-12H,3,10H2,1-2H3,(H,23,27). The average molecular weight is 453 g/mol. The molecule has 0 fully saturated rings. The number of hydrogen-bond donors (Lipinski definition) is 1. The molecule has 0 atom stereocenters. The summed E-state index contributed by atoms with van der Waals surface area (Å²) in [5.41, 5.74) is 1.50. The van der Waals surface area contributed by atoms with Crippen LogP contribution < -0.4 is 10.1 Å². The van der Waals surface area contributed by atoms with Crippen LogP contribution in [0.25, 0.3) is 17.0 Å². The van der Waals surface area contributed by atoms with Crippen LogP contribution in [0.3, 0.4) is 0 Å². The Morgan fingerprint density at radius 1 is 1.25 bits per heavy atom. The van der Waals surface area contributed by atoms with Crippen LogP contribution in [0.5, 0.6) is 5.75 Å². The van der Waals surface area contributed by atoms with Gasteiger partial charge in [-0.2, -0.15) is 0 Å². The minimum absolute atomic E-state index is 0.208. The number of anilines is 1. The molecule has 0 spiro atoms. The number of nitrogens with zero attached hydrogens (tertiary/aromatic N) is 4. The van der Waals surface area contributed by atoms with Gasteiger partial charge in [-0.05, 0) is 48.5 Å². The van der Waals surface area contributed by atoms with Crippen molar-refractivity contribution in [2.75, 3.05) is 18.5 Å². The van der Waals surface area contributed by atoms with Gasteiger partial charge in [-0.15, -0.1) is 16.4 Å². The molecule has 164 valence electrons. The maximum Gasteiger partial charge on any atom is 0.341 e. The van der Waals surface area contributed by atoms with Gasteiger partial charge in [0.15, 0.2) is 6.61 Å². The van der Waals surface area contributed by atoms with Gasteiger partial charge < -0.3 is 19.2 Å². The highest BCUT2D eigenvalue weighted by Gasteiger charge is 2.24. The second-order valence-corrected chi connectivity index (χ2v) is 7.45. The number of carbonyl (C=O) groups excluding carboxylic acids is 2. The first-order valence-electron chi connectivity index (χ1n) is 9.66. The van der Waals surface area contributed by atoms with E-state index in [1.54, 1.807) is 48.7 Å². The summed E-state index contributed by atoms with van der Waals surface area (Å²) in [7, 11) is 0. The summed E-state index contributed by atoms with van der Waals surface area (Å²) in [5.74, 6) is 0.745. The van der Waals surface area contributed by atoms with Crippen LogP contribution in [0.15, 0.2) is 52.5 Å². The number of aromatic nitrogens is 4. The average Bonchev–Trinajstić information content (AvgIpc) is 3.54.